The van der Waals surface area contributed by atoms with Gasteiger partial charge in [-0.05, 0) is 72.3 Å². The van der Waals surface area contributed by atoms with E-state index in [1.165, 1.54) is 18.2 Å². The molecule has 0 spiro atoms. The summed E-state index contributed by atoms with van der Waals surface area (Å²) in [6.45, 7) is 9.01. The van der Waals surface area contributed by atoms with E-state index in [1.54, 1.807) is 0 Å². The SMILES string of the molecule is CN(C)C(C)(C)CCOC(C)(C)CCNC(=O)c1cc(COC=O)ccc1O[C@@H]1O[C@H](C(=O)O)[C@@H](O)[C@H](O)[C@H]1O. The Morgan fingerprint density at radius 2 is 1.75 bits per heavy atom. The maximum atomic E-state index is 13.2. The molecule has 0 radical (unpaired) electrons. The van der Waals surface area contributed by atoms with Crippen LogP contribution in [0.1, 0.15) is 56.5 Å². The molecule has 40 heavy (non-hydrogen) atoms. The van der Waals surface area contributed by atoms with Crippen LogP contribution in [0.3, 0.4) is 0 Å². The van der Waals surface area contributed by atoms with Crippen LogP contribution >= 0.6 is 0 Å². The monoisotopic (exact) mass is 570 g/mol. The number of aliphatic hydroxyl groups is 3. The average molecular weight is 571 g/mol. The second-order valence-electron chi connectivity index (χ2n) is 11.2. The Bertz CT molecular complexity index is 1010. The molecule has 0 unspecified atom stereocenters. The minimum absolute atomic E-state index is 0.0123. The number of nitrogens with one attached hydrogen (secondary N) is 1. The molecule has 5 atom stereocenters. The molecule has 0 saturated carbocycles. The highest BCUT2D eigenvalue weighted by Crippen LogP contribution is 2.28. The molecule has 1 aliphatic heterocycles. The van der Waals surface area contributed by atoms with Crippen molar-refractivity contribution in [3.63, 3.8) is 0 Å². The van der Waals surface area contributed by atoms with Crippen molar-refractivity contribution in [1.29, 1.82) is 0 Å². The standard InChI is InChI=1S/C27H42N2O11/c1-26(2,29(5)6)10-12-38-27(3,4)9-11-28-23(34)17-13-16(14-37-15-30)7-8-18(17)39-25-21(33)19(31)20(32)22(40-25)24(35)36/h7-8,13,15,19-22,25,31-33H,9-12,14H2,1-6H3,(H,28,34)(H,35,36)/t19-,20-,21+,22-,25+/m0/s1. The summed E-state index contributed by atoms with van der Waals surface area (Å²) in [5, 5.41) is 42.4. The summed E-state index contributed by atoms with van der Waals surface area (Å²) in [4.78, 5) is 37.4. The van der Waals surface area contributed by atoms with E-state index < -0.39 is 48.2 Å². The van der Waals surface area contributed by atoms with Gasteiger partial charge < -0.3 is 49.6 Å². The lowest BCUT2D eigenvalue weighted by molar-refractivity contribution is -0.271. The number of aliphatic carboxylic acids is 1. The van der Waals surface area contributed by atoms with Gasteiger partial charge in [-0.1, -0.05) is 6.07 Å². The molecule has 1 aromatic carbocycles. The molecule has 1 aromatic rings. The van der Waals surface area contributed by atoms with Crippen LogP contribution in [0.4, 0.5) is 0 Å². The topological polar surface area (TPSA) is 184 Å². The van der Waals surface area contributed by atoms with E-state index in [2.05, 4.69) is 24.1 Å². The Morgan fingerprint density at radius 3 is 2.35 bits per heavy atom. The summed E-state index contributed by atoms with van der Waals surface area (Å²) in [6.07, 6.45) is -7.85. The zero-order valence-corrected chi connectivity index (χ0v) is 23.8. The third-order valence-corrected chi connectivity index (χ3v) is 7.09. The number of carboxylic acid groups (broad SMARTS) is 1. The van der Waals surface area contributed by atoms with E-state index in [0.29, 0.717) is 18.6 Å². The van der Waals surface area contributed by atoms with Crippen molar-refractivity contribution in [3.8, 4) is 5.75 Å². The molecule has 1 saturated heterocycles. The molecular formula is C27H42N2O11. The van der Waals surface area contributed by atoms with Gasteiger partial charge >= 0.3 is 5.97 Å². The number of carbonyl (C=O) groups is 3. The van der Waals surface area contributed by atoms with E-state index in [4.69, 9.17) is 18.9 Å². The first kappa shape index (κ1) is 33.4. The lowest BCUT2D eigenvalue weighted by Gasteiger charge is -2.38. The zero-order valence-electron chi connectivity index (χ0n) is 23.8. The molecule has 0 bridgehead atoms. The van der Waals surface area contributed by atoms with Gasteiger partial charge in [0.15, 0.2) is 6.10 Å². The van der Waals surface area contributed by atoms with Crippen molar-refractivity contribution in [3.05, 3.63) is 29.3 Å². The molecule has 1 heterocycles. The quantitative estimate of drug-likeness (QED) is 0.182. The largest absolute Gasteiger partial charge is 0.479 e. The number of amides is 1. The van der Waals surface area contributed by atoms with Crippen LogP contribution in [0.2, 0.25) is 0 Å². The first-order valence-electron chi connectivity index (χ1n) is 13.0. The van der Waals surface area contributed by atoms with Crippen LogP contribution in [0.15, 0.2) is 18.2 Å². The summed E-state index contributed by atoms with van der Waals surface area (Å²) in [5.74, 6) is -2.22. The first-order valence-corrected chi connectivity index (χ1v) is 13.0. The van der Waals surface area contributed by atoms with Crippen molar-refractivity contribution in [2.45, 2.75) is 89.0 Å². The number of hydrogen-bond donors (Lipinski definition) is 5. The second-order valence-corrected chi connectivity index (χ2v) is 11.2. The number of nitrogens with zero attached hydrogens (tertiary/aromatic N) is 1. The molecular weight excluding hydrogens is 528 g/mol. The molecule has 0 aromatic heterocycles. The number of hydrogen-bond acceptors (Lipinski definition) is 11. The highest BCUT2D eigenvalue weighted by Gasteiger charge is 2.48. The van der Waals surface area contributed by atoms with E-state index in [-0.39, 0.29) is 36.5 Å². The lowest BCUT2D eigenvalue weighted by Crippen LogP contribution is -2.61. The number of benzene rings is 1. The zero-order chi connectivity index (χ0) is 30.3. The Kier molecular flexibility index (Phi) is 11.9. The van der Waals surface area contributed by atoms with Crippen LogP contribution in [-0.4, -0.2) is 113 Å². The number of carbonyl (C=O) groups excluding carboxylic acids is 2. The van der Waals surface area contributed by atoms with Gasteiger partial charge in [0.2, 0.25) is 6.29 Å². The van der Waals surface area contributed by atoms with Crippen molar-refractivity contribution in [2.75, 3.05) is 27.2 Å². The molecule has 13 heteroatoms. The van der Waals surface area contributed by atoms with Gasteiger partial charge in [-0.2, -0.15) is 0 Å². The van der Waals surface area contributed by atoms with Crippen LogP contribution in [-0.2, 0) is 30.4 Å². The Hall–Kier alpha value is -2.81. The number of aliphatic hydroxyl groups excluding tert-OH is 3. The molecule has 1 amide bonds. The van der Waals surface area contributed by atoms with Crippen LogP contribution in [0.25, 0.3) is 0 Å². The molecule has 1 aliphatic rings. The summed E-state index contributed by atoms with van der Waals surface area (Å²) in [6, 6.07) is 4.27. The Morgan fingerprint density at radius 1 is 1.07 bits per heavy atom. The summed E-state index contributed by atoms with van der Waals surface area (Å²) < 4.78 is 21.6. The molecule has 2 rings (SSSR count). The van der Waals surface area contributed by atoms with Crippen molar-refractivity contribution in [2.24, 2.45) is 0 Å². The van der Waals surface area contributed by atoms with Gasteiger partial charge in [-0.15, -0.1) is 0 Å². The average Bonchev–Trinajstić information content (AvgIpc) is 2.87. The van der Waals surface area contributed by atoms with Gasteiger partial charge in [-0.25, -0.2) is 4.79 Å². The van der Waals surface area contributed by atoms with Gasteiger partial charge in [0, 0.05) is 18.7 Å². The van der Waals surface area contributed by atoms with Gasteiger partial charge in [0.25, 0.3) is 12.4 Å². The minimum atomic E-state index is -1.89. The first-order chi connectivity index (χ1) is 18.6. The molecule has 226 valence electrons. The van der Waals surface area contributed by atoms with E-state index >= 15 is 0 Å². The predicted molar refractivity (Wildman–Crippen MR) is 142 cm³/mol. The van der Waals surface area contributed by atoms with Gasteiger partial charge in [0.05, 0.1) is 11.2 Å². The molecule has 1 fully saturated rings. The van der Waals surface area contributed by atoms with Crippen LogP contribution in [0, 0.1) is 0 Å². The fourth-order valence-corrected chi connectivity index (χ4v) is 3.80. The number of rotatable bonds is 15. The van der Waals surface area contributed by atoms with Gasteiger partial charge in [0.1, 0.15) is 30.7 Å². The maximum Gasteiger partial charge on any atom is 0.335 e. The molecule has 0 aliphatic carbocycles. The molecule has 5 N–H and O–H groups in total. The minimum Gasteiger partial charge on any atom is -0.479 e. The van der Waals surface area contributed by atoms with Crippen molar-refractivity contribution < 1.29 is 53.8 Å². The maximum absolute atomic E-state index is 13.2. The second kappa shape index (κ2) is 14.2. The van der Waals surface area contributed by atoms with Crippen molar-refractivity contribution in [1.82, 2.24) is 10.2 Å². The van der Waals surface area contributed by atoms with Crippen LogP contribution in [0.5, 0.6) is 5.75 Å². The highest BCUT2D eigenvalue weighted by atomic mass is 16.7. The number of ether oxygens (including phenoxy) is 4. The highest BCUT2D eigenvalue weighted by molar-refractivity contribution is 5.97. The third kappa shape index (κ3) is 9.11. The number of carboxylic acids is 1. The van der Waals surface area contributed by atoms with E-state index in [9.17, 15) is 34.8 Å². The fourth-order valence-electron chi connectivity index (χ4n) is 3.80. The van der Waals surface area contributed by atoms with E-state index in [1.807, 2.05) is 27.9 Å². The molecule has 13 nitrogen and oxygen atoms in total. The Balaban J connectivity index is 2.13. The van der Waals surface area contributed by atoms with E-state index in [0.717, 1.165) is 6.42 Å². The fraction of sp³-hybridized carbons (Fsp3) is 0.667. The summed E-state index contributed by atoms with van der Waals surface area (Å²) >= 11 is 0. The smallest absolute Gasteiger partial charge is 0.335 e. The third-order valence-electron chi connectivity index (χ3n) is 7.09. The predicted octanol–water partition coefficient (Wildman–Crippen LogP) is 0.276. The Labute approximate surface area is 234 Å². The normalized spacial score (nSPS) is 23.5. The summed E-state index contributed by atoms with van der Waals surface area (Å²) in [7, 11) is 4.02. The lowest BCUT2D eigenvalue weighted by atomic mass is 9.99. The van der Waals surface area contributed by atoms with Gasteiger partial charge in [-0.3, -0.25) is 9.59 Å². The van der Waals surface area contributed by atoms with Crippen molar-refractivity contribution >= 4 is 18.3 Å². The van der Waals surface area contributed by atoms with Crippen LogP contribution < -0.4 is 10.1 Å². The summed E-state index contributed by atoms with van der Waals surface area (Å²) in [5.41, 5.74) is -0.118.